The van der Waals surface area contributed by atoms with Crippen LogP contribution in [0.25, 0.3) is 0 Å². The van der Waals surface area contributed by atoms with Crippen molar-refractivity contribution in [2.75, 3.05) is 0 Å². The molecule has 0 spiro atoms. The van der Waals surface area contributed by atoms with Crippen LogP contribution in [0.1, 0.15) is 19.4 Å². The highest BCUT2D eigenvalue weighted by atomic mass is 28.2. The Hall–Kier alpha value is -0.883. The zero-order chi connectivity index (χ0) is 12.5. The van der Waals surface area contributed by atoms with Crippen LogP contribution in [0.5, 0.6) is 0 Å². The van der Waals surface area contributed by atoms with E-state index in [1.807, 2.05) is 0 Å². The predicted octanol–water partition coefficient (Wildman–Crippen LogP) is 2.66. The first-order valence-electron chi connectivity index (χ1n) is 4.45. The third-order valence-electron chi connectivity index (χ3n) is 2.07. The van der Waals surface area contributed by atoms with Crippen molar-refractivity contribution in [3.63, 3.8) is 0 Å². The molecule has 16 heavy (non-hydrogen) atoms. The molecule has 0 saturated carbocycles. The summed E-state index contributed by atoms with van der Waals surface area (Å²) in [5.74, 6) is -6.42. The third-order valence-corrected chi connectivity index (χ3v) is 2.62. The van der Waals surface area contributed by atoms with E-state index < -0.39 is 28.9 Å². The molecule has 0 aromatic heterocycles. The lowest BCUT2D eigenvalue weighted by atomic mass is 9.98. The first-order chi connectivity index (χ1) is 7.28. The fourth-order valence-corrected chi connectivity index (χ4v) is 1.32. The summed E-state index contributed by atoms with van der Waals surface area (Å²) in [6.45, 7) is 3.16. The largest absolute Gasteiger partial charge is 0.413 e. The number of rotatable bonds is 3. The maximum absolute atomic E-state index is 13.3. The summed E-state index contributed by atoms with van der Waals surface area (Å²) in [6, 6.07) is 0.626. The molecule has 1 nitrogen and oxygen atoms in total. The van der Waals surface area contributed by atoms with E-state index in [-0.39, 0.29) is 12.0 Å². The maximum Gasteiger partial charge on any atom is 0.246 e. The van der Waals surface area contributed by atoms with Crippen LogP contribution in [0.3, 0.4) is 0 Å². The van der Waals surface area contributed by atoms with Gasteiger partial charge in [-0.1, -0.05) is 0 Å². The van der Waals surface area contributed by atoms with E-state index in [0.717, 1.165) is 0 Å². The van der Waals surface area contributed by atoms with Gasteiger partial charge in [0.15, 0.2) is 23.3 Å². The molecule has 6 heteroatoms. The predicted molar refractivity (Wildman–Crippen MR) is 50.9 cm³/mol. The molecule has 3 radical (unpaired) electrons. The van der Waals surface area contributed by atoms with Gasteiger partial charge in [-0.05, 0) is 25.5 Å². The summed E-state index contributed by atoms with van der Waals surface area (Å²) < 4.78 is 56.5. The fourth-order valence-electron chi connectivity index (χ4n) is 1.25. The molecule has 1 aromatic carbocycles. The van der Waals surface area contributed by atoms with Crippen LogP contribution in [-0.2, 0) is 10.8 Å². The van der Waals surface area contributed by atoms with Crippen LogP contribution in [0.4, 0.5) is 17.6 Å². The average molecular weight is 249 g/mol. The molecule has 0 aliphatic rings. The Morgan fingerprint density at radius 3 is 2.19 bits per heavy atom. The lowest BCUT2D eigenvalue weighted by Crippen LogP contribution is -2.27. The Labute approximate surface area is 94.0 Å². The van der Waals surface area contributed by atoms with Gasteiger partial charge in [0, 0.05) is 6.42 Å². The van der Waals surface area contributed by atoms with Crippen LogP contribution >= 0.6 is 0 Å². The van der Waals surface area contributed by atoms with Crippen LogP contribution in [0.15, 0.2) is 6.07 Å². The minimum Gasteiger partial charge on any atom is -0.413 e. The van der Waals surface area contributed by atoms with Crippen molar-refractivity contribution in [2.45, 2.75) is 25.9 Å². The van der Waals surface area contributed by atoms with Crippen LogP contribution < -0.4 is 0 Å². The van der Waals surface area contributed by atoms with E-state index in [4.69, 9.17) is 4.43 Å². The number of hydrogen-bond acceptors (Lipinski definition) is 1. The highest BCUT2D eigenvalue weighted by molar-refractivity contribution is 5.98. The summed E-state index contributed by atoms with van der Waals surface area (Å²) in [5, 5.41) is 0. The Bertz CT molecular complexity index is 406. The van der Waals surface area contributed by atoms with E-state index in [2.05, 4.69) is 10.5 Å². The smallest absolute Gasteiger partial charge is 0.246 e. The van der Waals surface area contributed by atoms with Gasteiger partial charge in [0.1, 0.15) is 0 Å². The van der Waals surface area contributed by atoms with Gasteiger partial charge in [-0.2, -0.15) is 0 Å². The standard InChI is InChI=1S/C10H9F4OSi/c1-10(2,15-16)4-5-3-6(11)8(13)9(14)7(5)12/h3H,4H2,1-2H3. The normalized spacial score (nSPS) is 11.9. The van der Waals surface area contributed by atoms with Crippen molar-refractivity contribution in [2.24, 2.45) is 0 Å². The molecule has 0 heterocycles. The van der Waals surface area contributed by atoms with Crippen molar-refractivity contribution in [3.05, 3.63) is 34.9 Å². The molecule has 0 aliphatic carbocycles. The molecular formula is C10H9F4OSi. The molecular weight excluding hydrogens is 240 g/mol. The minimum atomic E-state index is -1.81. The second-order valence-corrected chi connectivity index (χ2v) is 4.20. The van der Waals surface area contributed by atoms with Crippen LogP contribution in [0, 0.1) is 23.3 Å². The fraction of sp³-hybridized carbons (Fsp3) is 0.400. The van der Waals surface area contributed by atoms with Gasteiger partial charge in [0.25, 0.3) is 0 Å². The topological polar surface area (TPSA) is 9.23 Å². The van der Waals surface area contributed by atoms with Gasteiger partial charge in [0.05, 0.1) is 5.60 Å². The molecule has 0 aliphatic heterocycles. The van der Waals surface area contributed by atoms with E-state index >= 15 is 0 Å². The number of benzene rings is 1. The number of halogens is 4. The lowest BCUT2D eigenvalue weighted by Gasteiger charge is -2.23. The van der Waals surface area contributed by atoms with E-state index in [1.165, 1.54) is 0 Å². The molecule has 0 saturated heterocycles. The van der Waals surface area contributed by atoms with Gasteiger partial charge in [-0.25, -0.2) is 17.6 Å². The van der Waals surface area contributed by atoms with E-state index in [9.17, 15) is 17.6 Å². The van der Waals surface area contributed by atoms with Gasteiger partial charge < -0.3 is 4.43 Å². The van der Waals surface area contributed by atoms with Crippen LogP contribution in [-0.4, -0.2) is 16.1 Å². The van der Waals surface area contributed by atoms with Crippen molar-refractivity contribution < 1.29 is 22.0 Å². The SMILES string of the molecule is CC(C)(Cc1cc(F)c(F)c(F)c1F)O[Si]. The summed E-state index contributed by atoms with van der Waals surface area (Å²) in [5.41, 5.74) is -1.14. The first-order valence-corrected chi connectivity index (χ1v) is 4.86. The molecule has 0 fully saturated rings. The van der Waals surface area contributed by atoms with Crippen molar-refractivity contribution in [1.29, 1.82) is 0 Å². The third kappa shape index (κ3) is 2.62. The second kappa shape index (κ2) is 4.55. The second-order valence-electron chi connectivity index (χ2n) is 4.00. The van der Waals surface area contributed by atoms with Crippen molar-refractivity contribution >= 4 is 10.5 Å². The Kier molecular flexibility index (Phi) is 3.74. The van der Waals surface area contributed by atoms with Crippen molar-refractivity contribution in [3.8, 4) is 0 Å². The summed E-state index contributed by atoms with van der Waals surface area (Å²) in [6.07, 6.45) is -0.101. The Morgan fingerprint density at radius 2 is 1.69 bits per heavy atom. The molecule has 0 atom stereocenters. The van der Waals surface area contributed by atoms with Crippen molar-refractivity contribution in [1.82, 2.24) is 0 Å². The molecule has 0 unspecified atom stereocenters. The van der Waals surface area contributed by atoms with Gasteiger partial charge in [-0.3, -0.25) is 0 Å². The molecule has 0 bridgehead atoms. The molecule has 0 N–H and O–H groups in total. The molecule has 0 amide bonds. The lowest BCUT2D eigenvalue weighted by molar-refractivity contribution is 0.122. The van der Waals surface area contributed by atoms with E-state index in [1.54, 1.807) is 13.8 Å². The summed E-state index contributed by atoms with van der Waals surface area (Å²) in [4.78, 5) is 0. The highest BCUT2D eigenvalue weighted by Gasteiger charge is 2.24. The molecule has 1 aromatic rings. The average Bonchev–Trinajstić information content (AvgIpc) is 2.22. The zero-order valence-electron chi connectivity index (χ0n) is 8.70. The molecule has 87 valence electrons. The molecule has 1 rings (SSSR count). The van der Waals surface area contributed by atoms with Gasteiger partial charge in [-0.15, -0.1) is 0 Å². The zero-order valence-corrected chi connectivity index (χ0v) is 9.70. The quantitative estimate of drug-likeness (QED) is 0.346. The summed E-state index contributed by atoms with van der Waals surface area (Å²) >= 11 is 0. The monoisotopic (exact) mass is 249 g/mol. The first kappa shape index (κ1) is 13.2. The number of hydrogen-bond donors (Lipinski definition) is 0. The van der Waals surface area contributed by atoms with Gasteiger partial charge >= 0.3 is 0 Å². The maximum atomic E-state index is 13.3. The van der Waals surface area contributed by atoms with E-state index in [0.29, 0.717) is 6.07 Å². The minimum absolute atomic E-state index is 0.101. The Morgan fingerprint density at radius 1 is 1.12 bits per heavy atom. The summed E-state index contributed by atoms with van der Waals surface area (Å²) in [7, 11) is 2.77. The highest BCUT2D eigenvalue weighted by Crippen LogP contribution is 2.23. The van der Waals surface area contributed by atoms with Crippen LogP contribution in [0.2, 0.25) is 0 Å². The van der Waals surface area contributed by atoms with Gasteiger partial charge in [0.2, 0.25) is 10.5 Å². The Balaban J connectivity index is 3.16.